The number of carbonyl (C=O) groups is 2. The molecule has 2 amide bonds. The fourth-order valence-electron chi connectivity index (χ4n) is 2.09. The second-order valence-electron chi connectivity index (χ2n) is 5.72. The van der Waals surface area contributed by atoms with E-state index >= 15 is 0 Å². The van der Waals surface area contributed by atoms with Crippen molar-refractivity contribution in [3.8, 4) is 5.75 Å². The summed E-state index contributed by atoms with van der Waals surface area (Å²) in [6, 6.07) is 13.9. The molecule has 0 aliphatic carbocycles. The Kier molecular flexibility index (Phi) is 8.32. The van der Waals surface area contributed by atoms with Crippen LogP contribution in [0.3, 0.4) is 0 Å². The standard InChI is InChI=1S/C20H22ClN3O3/c1-2-3-12-27-17-10-8-15(9-11-17)20(26)22-14-19(25)24-23-13-16-6-4-5-7-18(16)21/h4-11,13H,2-3,12,14H2,1H3,(H,22,26)(H,24,25)/b23-13-. The van der Waals surface area contributed by atoms with Crippen LogP contribution in [0.25, 0.3) is 0 Å². The summed E-state index contributed by atoms with van der Waals surface area (Å²) in [5.74, 6) is -0.0711. The second kappa shape index (κ2) is 11.0. The Morgan fingerprint density at radius 3 is 2.59 bits per heavy atom. The lowest BCUT2D eigenvalue weighted by Gasteiger charge is -2.07. The number of benzene rings is 2. The molecule has 0 aliphatic rings. The van der Waals surface area contributed by atoms with Crippen LogP contribution in [0, 0.1) is 0 Å². The Morgan fingerprint density at radius 2 is 1.89 bits per heavy atom. The van der Waals surface area contributed by atoms with Crippen LogP contribution in [0.1, 0.15) is 35.7 Å². The topological polar surface area (TPSA) is 79.8 Å². The Labute approximate surface area is 163 Å². The maximum atomic E-state index is 12.1. The third-order valence-electron chi connectivity index (χ3n) is 3.59. The number of rotatable bonds is 9. The third-order valence-corrected chi connectivity index (χ3v) is 3.93. The van der Waals surface area contributed by atoms with E-state index in [1.165, 1.54) is 6.21 Å². The van der Waals surface area contributed by atoms with Gasteiger partial charge >= 0.3 is 0 Å². The predicted octanol–water partition coefficient (Wildman–Crippen LogP) is 3.40. The predicted molar refractivity (Wildman–Crippen MR) is 106 cm³/mol. The fraction of sp³-hybridized carbons (Fsp3) is 0.250. The summed E-state index contributed by atoms with van der Waals surface area (Å²) in [6.07, 6.45) is 3.49. The molecule has 142 valence electrons. The molecule has 7 heteroatoms. The molecule has 0 saturated heterocycles. The van der Waals surface area contributed by atoms with E-state index in [1.54, 1.807) is 42.5 Å². The van der Waals surface area contributed by atoms with Crippen molar-refractivity contribution in [3.63, 3.8) is 0 Å². The number of nitrogens with one attached hydrogen (secondary N) is 2. The highest BCUT2D eigenvalue weighted by atomic mass is 35.5. The average Bonchev–Trinajstić information content (AvgIpc) is 2.68. The summed E-state index contributed by atoms with van der Waals surface area (Å²) in [4.78, 5) is 23.8. The highest BCUT2D eigenvalue weighted by Gasteiger charge is 2.08. The largest absolute Gasteiger partial charge is 0.494 e. The zero-order chi connectivity index (χ0) is 19.5. The number of ether oxygens (including phenoxy) is 1. The summed E-state index contributed by atoms with van der Waals surface area (Å²) in [5, 5.41) is 6.90. The number of hydrogen-bond donors (Lipinski definition) is 2. The van der Waals surface area contributed by atoms with Gasteiger partial charge < -0.3 is 10.1 Å². The highest BCUT2D eigenvalue weighted by molar-refractivity contribution is 6.33. The van der Waals surface area contributed by atoms with E-state index in [-0.39, 0.29) is 12.5 Å². The lowest BCUT2D eigenvalue weighted by atomic mass is 10.2. The van der Waals surface area contributed by atoms with E-state index in [2.05, 4.69) is 22.8 Å². The maximum absolute atomic E-state index is 12.1. The molecule has 2 rings (SSSR count). The molecular weight excluding hydrogens is 366 g/mol. The first kappa shape index (κ1) is 20.5. The minimum atomic E-state index is -0.439. The van der Waals surface area contributed by atoms with Crippen molar-refractivity contribution in [2.45, 2.75) is 19.8 Å². The molecule has 2 N–H and O–H groups in total. The highest BCUT2D eigenvalue weighted by Crippen LogP contribution is 2.13. The first-order valence-corrected chi connectivity index (χ1v) is 9.05. The van der Waals surface area contributed by atoms with Gasteiger partial charge in [0, 0.05) is 16.1 Å². The van der Waals surface area contributed by atoms with Crippen molar-refractivity contribution in [1.82, 2.24) is 10.7 Å². The zero-order valence-corrected chi connectivity index (χ0v) is 15.8. The smallest absolute Gasteiger partial charge is 0.259 e. The number of carbonyl (C=O) groups excluding carboxylic acids is 2. The Hall–Kier alpha value is -2.86. The Morgan fingerprint density at radius 1 is 1.15 bits per heavy atom. The summed E-state index contributed by atoms with van der Waals surface area (Å²) in [7, 11) is 0. The minimum Gasteiger partial charge on any atom is -0.494 e. The number of nitrogens with zero attached hydrogens (tertiary/aromatic N) is 1. The third kappa shape index (κ3) is 7.11. The monoisotopic (exact) mass is 387 g/mol. The summed E-state index contributed by atoms with van der Waals surface area (Å²) in [5.41, 5.74) is 3.47. The van der Waals surface area contributed by atoms with Gasteiger partial charge in [0.2, 0.25) is 0 Å². The molecule has 0 heterocycles. The first-order valence-electron chi connectivity index (χ1n) is 8.67. The lowest BCUT2D eigenvalue weighted by molar-refractivity contribution is -0.120. The van der Waals surface area contributed by atoms with Crippen LogP contribution < -0.4 is 15.5 Å². The molecule has 6 nitrogen and oxygen atoms in total. The maximum Gasteiger partial charge on any atom is 0.259 e. The first-order chi connectivity index (χ1) is 13.1. The lowest BCUT2D eigenvalue weighted by Crippen LogP contribution is -2.34. The fourth-order valence-corrected chi connectivity index (χ4v) is 2.28. The van der Waals surface area contributed by atoms with Gasteiger partial charge in [-0.15, -0.1) is 0 Å². The zero-order valence-electron chi connectivity index (χ0n) is 15.1. The van der Waals surface area contributed by atoms with Gasteiger partial charge in [-0.25, -0.2) is 5.43 Å². The van der Waals surface area contributed by atoms with E-state index in [9.17, 15) is 9.59 Å². The van der Waals surface area contributed by atoms with Gasteiger partial charge in [0.25, 0.3) is 11.8 Å². The van der Waals surface area contributed by atoms with E-state index in [4.69, 9.17) is 16.3 Å². The van der Waals surface area contributed by atoms with Gasteiger partial charge in [-0.2, -0.15) is 5.10 Å². The van der Waals surface area contributed by atoms with Crippen LogP contribution in [-0.4, -0.2) is 31.2 Å². The normalized spacial score (nSPS) is 10.6. The molecule has 0 atom stereocenters. The molecule has 0 radical (unpaired) electrons. The molecular formula is C20H22ClN3O3. The summed E-state index contributed by atoms with van der Waals surface area (Å²) in [6.45, 7) is 2.56. The van der Waals surface area contributed by atoms with E-state index in [1.807, 2.05) is 6.07 Å². The molecule has 2 aromatic carbocycles. The van der Waals surface area contributed by atoms with Crippen molar-refractivity contribution in [2.75, 3.05) is 13.2 Å². The number of unbranched alkanes of at least 4 members (excludes halogenated alkanes) is 1. The second-order valence-corrected chi connectivity index (χ2v) is 6.13. The van der Waals surface area contributed by atoms with Crippen molar-refractivity contribution >= 4 is 29.6 Å². The molecule has 0 spiro atoms. The van der Waals surface area contributed by atoms with Gasteiger partial charge in [-0.3, -0.25) is 9.59 Å². The molecule has 0 bridgehead atoms. The minimum absolute atomic E-state index is 0.187. The molecule has 27 heavy (non-hydrogen) atoms. The van der Waals surface area contributed by atoms with Crippen molar-refractivity contribution in [2.24, 2.45) is 5.10 Å². The molecule has 0 aliphatic heterocycles. The van der Waals surface area contributed by atoms with Crippen molar-refractivity contribution in [3.05, 3.63) is 64.7 Å². The number of amides is 2. The average molecular weight is 388 g/mol. The van der Waals surface area contributed by atoms with E-state index in [0.717, 1.165) is 12.8 Å². The number of hydrogen-bond acceptors (Lipinski definition) is 4. The number of halogens is 1. The van der Waals surface area contributed by atoms with Crippen LogP contribution in [0.4, 0.5) is 0 Å². The van der Waals surface area contributed by atoms with Gasteiger partial charge in [-0.1, -0.05) is 43.1 Å². The van der Waals surface area contributed by atoms with Gasteiger partial charge in [0.1, 0.15) is 5.75 Å². The molecule has 0 saturated carbocycles. The molecule has 0 aromatic heterocycles. The summed E-state index contributed by atoms with van der Waals surface area (Å²) < 4.78 is 5.55. The van der Waals surface area contributed by atoms with Gasteiger partial charge in [0.05, 0.1) is 19.4 Å². The van der Waals surface area contributed by atoms with Crippen molar-refractivity contribution < 1.29 is 14.3 Å². The van der Waals surface area contributed by atoms with E-state index in [0.29, 0.717) is 28.5 Å². The molecule has 0 fully saturated rings. The van der Waals surface area contributed by atoms with Crippen LogP contribution in [0.5, 0.6) is 5.75 Å². The van der Waals surface area contributed by atoms with Crippen LogP contribution in [0.15, 0.2) is 53.6 Å². The Bertz CT molecular complexity index is 791. The summed E-state index contributed by atoms with van der Waals surface area (Å²) >= 11 is 5.99. The van der Waals surface area contributed by atoms with Crippen molar-refractivity contribution in [1.29, 1.82) is 0 Å². The molecule has 0 unspecified atom stereocenters. The van der Waals surface area contributed by atoms with Crippen LogP contribution in [-0.2, 0) is 4.79 Å². The van der Waals surface area contributed by atoms with Crippen LogP contribution >= 0.6 is 11.6 Å². The van der Waals surface area contributed by atoms with Crippen LogP contribution in [0.2, 0.25) is 5.02 Å². The quantitative estimate of drug-likeness (QED) is 0.393. The van der Waals surface area contributed by atoms with Gasteiger partial charge in [0.15, 0.2) is 0 Å². The van der Waals surface area contributed by atoms with Gasteiger partial charge in [-0.05, 0) is 36.8 Å². The van der Waals surface area contributed by atoms with E-state index < -0.39 is 5.91 Å². The SMILES string of the molecule is CCCCOc1ccc(C(=O)NCC(=O)N/N=C\c2ccccc2Cl)cc1. The Balaban J connectivity index is 1.76. The number of hydrazone groups is 1. The molecule has 2 aromatic rings.